The number of carbonyl (C=O) groups is 1. The average molecular weight is 237 g/mol. The smallest absolute Gasteiger partial charge is 0.257 e. The lowest BCUT2D eigenvalue weighted by Gasteiger charge is -2.20. The summed E-state index contributed by atoms with van der Waals surface area (Å²) < 4.78 is 5.26. The molecule has 1 aromatic rings. The van der Waals surface area contributed by atoms with E-state index in [1.807, 2.05) is 0 Å². The van der Waals surface area contributed by atoms with Gasteiger partial charge in [-0.05, 0) is 18.6 Å². The molecule has 92 valence electrons. The van der Waals surface area contributed by atoms with E-state index in [2.05, 4.69) is 0 Å². The number of aromatic hydroxyl groups is 2. The van der Waals surface area contributed by atoms with Gasteiger partial charge in [0.05, 0.1) is 12.2 Å². The number of benzene rings is 1. The molecule has 0 saturated carbocycles. The Balaban J connectivity index is 2.20. The normalized spacial score (nSPS) is 16.6. The monoisotopic (exact) mass is 237 g/mol. The summed E-state index contributed by atoms with van der Waals surface area (Å²) in [4.78, 5) is 13.8. The maximum atomic E-state index is 12.1. The van der Waals surface area contributed by atoms with Gasteiger partial charge in [-0.1, -0.05) is 6.07 Å². The van der Waals surface area contributed by atoms with Crippen molar-refractivity contribution >= 4 is 5.91 Å². The number of nitrogens with zero attached hydrogens (tertiary/aromatic N) is 1. The van der Waals surface area contributed by atoms with Crippen molar-refractivity contribution in [1.82, 2.24) is 4.90 Å². The second kappa shape index (κ2) is 5.05. The van der Waals surface area contributed by atoms with Crippen molar-refractivity contribution in [2.75, 3.05) is 26.3 Å². The van der Waals surface area contributed by atoms with Crippen LogP contribution in [0.5, 0.6) is 11.5 Å². The third kappa shape index (κ3) is 2.50. The standard InChI is InChI=1S/C12H15NO4/c14-10-4-1-3-9(11(10)15)12(16)13-5-2-7-17-8-6-13/h1,3-4,14-15H,2,5-8H2. The van der Waals surface area contributed by atoms with E-state index in [1.54, 1.807) is 4.90 Å². The van der Waals surface area contributed by atoms with Crippen molar-refractivity contribution in [2.45, 2.75) is 6.42 Å². The Morgan fingerprint density at radius 2 is 2.06 bits per heavy atom. The van der Waals surface area contributed by atoms with Crippen LogP contribution in [-0.2, 0) is 4.74 Å². The minimum atomic E-state index is -0.359. The first-order valence-electron chi connectivity index (χ1n) is 5.58. The molecule has 0 aromatic heterocycles. The summed E-state index contributed by atoms with van der Waals surface area (Å²) in [6, 6.07) is 4.39. The fourth-order valence-electron chi connectivity index (χ4n) is 1.82. The van der Waals surface area contributed by atoms with Crippen LogP contribution in [0.2, 0.25) is 0 Å². The molecule has 0 unspecified atom stereocenters. The summed E-state index contributed by atoms with van der Waals surface area (Å²) in [7, 11) is 0. The van der Waals surface area contributed by atoms with E-state index in [9.17, 15) is 15.0 Å². The molecule has 0 radical (unpaired) electrons. The number of ether oxygens (including phenoxy) is 1. The number of rotatable bonds is 1. The largest absolute Gasteiger partial charge is 0.504 e. The Kier molecular flexibility index (Phi) is 3.49. The van der Waals surface area contributed by atoms with Crippen molar-refractivity contribution in [3.63, 3.8) is 0 Å². The van der Waals surface area contributed by atoms with Crippen LogP contribution < -0.4 is 0 Å². The van der Waals surface area contributed by atoms with Crippen molar-refractivity contribution in [2.24, 2.45) is 0 Å². The molecule has 0 bridgehead atoms. The first-order valence-corrected chi connectivity index (χ1v) is 5.58. The average Bonchev–Trinajstić information content (AvgIpc) is 2.60. The highest BCUT2D eigenvalue weighted by atomic mass is 16.5. The number of phenols is 2. The highest BCUT2D eigenvalue weighted by Crippen LogP contribution is 2.29. The fourth-order valence-corrected chi connectivity index (χ4v) is 1.82. The first kappa shape index (κ1) is 11.7. The summed E-state index contributed by atoms with van der Waals surface area (Å²) in [5.74, 6) is -0.909. The van der Waals surface area contributed by atoms with E-state index >= 15 is 0 Å². The summed E-state index contributed by atoms with van der Waals surface area (Å²) in [6.07, 6.45) is 0.783. The summed E-state index contributed by atoms with van der Waals surface area (Å²) >= 11 is 0. The van der Waals surface area contributed by atoms with Gasteiger partial charge < -0.3 is 19.8 Å². The minimum absolute atomic E-state index is 0.131. The third-order valence-electron chi connectivity index (χ3n) is 2.75. The number of hydrogen-bond donors (Lipinski definition) is 2. The predicted octanol–water partition coefficient (Wildman–Crippen LogP) is 0.960. The van der Waals surface area contributed by atoms with Gasteiger partial charge in [0.25, 0.3) is 5.91 Å². The van der Waals surface area contributed by atoms with Gasteiger partial charge in [-0.25, -0.2) is 0 Å². The lowest BCUT2D eigenvalue weighted by molar-refractivity contribution is 0.0737. The van der Waals surface area contributed by atoms with Crippen molar-refractivity contribution < 1.29 is 19.7 Å². The number of phenolic OH excluding ortho intramolecular Hbond substituents is 2. The first-order chi connectivity index (χ1) is 8.20. The van der Waals surface area contributed by atoms with Gasteiger partial charge in [0.2, 0.25) is 0 Å². The Labute approximate surface area is 99.2 Å². The van der Waals surface area contributed by atoms with Crippen LogP contribution in [0.15, 0.2) is 18.2 Å². The molecule has 0 spiro atoms. The Bertz CT molecular complexity index is 411. The van der Waals surface area contributed by atoms with E-state index in [0.717, 1.165) is 6.42 Å². The molecule has 1 heterocycles. The van der Waals surface area contributed by atoms with Gasteiger partial charge in [0, 0.05) is 19.7 Å². The highest BCUT2D eigenvalue weighted by molar-refractivity contribution is 5.97. The molecular formula is C12H15NO4. The van der Waals surface area contributed by atoms with E-state index in [4.69, 9.17) is 4.74 Å². The summed E-state index contributed by atoms with van der Waals surface area (Å²) in [5, 5.41) is 19.0. The van der Waals surface area contributed by atoms with Gasteiger partial charge >= 0.3 is 0 Å². The number of carbonyl (C=O) groups excluding carboxylic acids is 1. The fraction of sp³-hybridized carbons (Fsp3) is 0.417. The van der Waals surface area contributed by atoms with Gasteiger partial charge in [-0.2, -0.15) is 0 Å². The molecule has 1 aromatic carbocycles. The molecule has 1 aliphatic rings. The molecule has 0 atom stereocenters. The Morgan fingerprint density at radius 1 is 1.24 bits per heavy atom. The number of hydrogen-bond acceptors (Lipinski definition) is 4. The molecular weight excluding hydrogens is 222 g/mol. The van der Waals surface area contributed by atoms with Crippen molar-refractivity contribution in [3.8, 4) is 11.5 Å². The topological polar surface area (TPSA) is 70.0 Å². The molecule has 1 saturated heterocycles. The quantitative estimate of drug-likeness (QED) is 0.714. The molecule has 0 aliphatic carbocycles. The van der Waals surface area contributed by atoms with Crippen LogP contribution in [0.1, 0.15) is 16.8 Å². The van der Waals surface area contributed by atoms with Crippen LogP contribution >= 0.6 is 0 Å². The molecule has 17 heavy (non-hydrogen) atoms. The zero-order valence-corrected chi connectivity index (χ0v) is 9.43. The molecule has 1 aliphatic heterocycles. The van der Waals surface area contributed by atoms with Gasteiger partial charge in [0.15, 0.2) is 11.5 Å². The van der Waals surface area contributed by atoms with Gasteiger partial charge in [-0.3, -0.25) is 4.79 Å². The second-order valence-corrected chi connectivity index (χ2v) is 3.93. The molecule has 2 rings (SSSR count). The van der Waals surface area contributed by atoms with E-state index in [1.165, 1.54) is 18.2 Å². The Morgan fingerprint density at radius 3 is 2.88 bits per heavy atom. The maximum Gasteiger partial charge on any atom is 0.257 e. The Hall–Kier alpha value is -1.75. The van der Waals surface area contributed by atoms with Crippen LogP contribution in [0.4, 0.5) is 0 Å². The number of para-hydroxylation sites is 1. The van der Waals surface area contributed by atoms with Crippen molar-refractivity contribution in [1.29, 1.82) is 0 Å². The highest BCUT2D eigenvalue weighted by Gasteiger charge is 2.21. The molecule has 2 N–H and O–H groups in total. The molecule has 5 heteroatoms. The van der Waals surface area contributed by atoms with E-state index < -0.39 is 0 Å². The van der Waals surface area contributed by atoms with Crippen LogP contribution in [0, 0.1) is 0 Å². The van der Waals surface area contributed by atoms with Crippen LogP contribution in [-0.4, -0.2) is 47.3 Å². The second-order valence-electron chi connectivity index (χ2n) is 3.93. The van der Waals surface area contributed by atoms with Crippen LogP contribution in [0.3, 0.4) is 0 Å². The van der Waals surface area contributed by atoms with Gasteiger partial charge in [-0.15, -0.1) is 0 Å². The zero-order valence-electron chi connectivity index (χ0n) is 9.43. The SMILES string of the molecule is O=C(c1cccc(O)c1O)N1CCCOCC1. The van der Waals surface area contributed by atoms with E-state index in [0.29, 0.717) is 26.3 Å². The van der Waals surface area contributed by atoms with E-state index in [-0.39, 0.29) is 23.0 Å². The molecule has 1 fully saturated rings. The lowest BCUT2D eigenvalue weighted by atomic mass is 10.1. The van der Waals surface area contributed by atoms with Crippen molar-refractivity contribution in [3.05, 3.63) is 23.8 Å². The molecule has 5 nitrogen and oxygen atoms in total. The maximum absolute atomic E-state index is 12.1. The lowest BCUT2D eigenvalue weighted by Crippen LogP contribution is -2.33. The molecule has 1 amide bonds. The third-order valence-corrected chi connectivity index (χ3v) is 2.75. The van der Waals surface area contributed by atoms with Gasteiger partial charge in [0.1, 0.15) is 0 Å². The predicted molar refractivity (Wildman–Crippen MR) is 61.1 cm³/mol. The number of amides is 1. The summed E-state index contributed by atoms with van der Waals surface area (Å²) in [6.45, 7) is 2.27. The zero-order chi connectivity index (χ0) is 12.3. The minimum Gasteiger partial charge on any atom is -0.504 e. The summed E-state index contributed by atoms with van der Waals surface area (Å²) in [5.41, 5.74) is 0.131. The van der Waals surface area contributed by atoms with Crippen LogP contribution in [0.25, 0.3) is 0 Å².